The zero-order chi connectivity index (χ0) is 20.9. The van der Waals surface area contributed by atoms with Gasteiger partial charge in [-0.25, -0.2) is 23.5 Å². The topological polar surface area (TPSA) is 91.8 Å². The van der Waals surface area contributed by atoms with Crippen LogP contribution < -0.4 is 15.4 Å². The van der Waals surface area contributed by atoms with Crippen LogP contribution in [0.25, 0.3) is 11.4 Å². The first-order valence-corrected chi connectivity index (χ1v) is 9.88. The highest BCUT2D eigenvalue weighted by atomic mass is 19.3. The molecular weight excluding hydrogens is 398 g/mol. The van der Waals surface area contributed by atoms with Crippen LogP contribution in [0.15, 0.2) is 24.4 Å². The molecule has 2 saturated heterocycles. The van der Waals surface area contributed by atoms with E-state index in [4.69, 9.17) is 19.9 Å². The third-order valence-corrected chi connectivity index (χ3v) is 5.77. The molecule has 3 aliphatic heterocycles. The first-order chi connectivity index (χ1) is 14.4. The lowest BCUT2D eigenvalue weighted by Crippen LogP contribution is -2.57. The number of amides is 1. The molecule has 30 heavy (non-hydrogen) atoms. The van der Waals surface area contributed by atoms with Crippen LogP contribution in [0.3, 0.4) is 0 Å². The second-order valence-electron chi connectivity index (χ2n) is 8.00. The maximum atomic E-state index is 13.3. The molecule has 1 atom stereocenters. The van der Waals surface area contributed by atoms with Crippen molar-refractivity contribution in [2.45, 2.75) is 37.4 Å². The number of halogens is 2. The number of imidazole rings is 1. The highest BCUT2D eigenvalue weighted by Gasteiger charge is 2.42. The van der Waals surface area contributed by atoms with Crippen LogP contribution in [0.5, 0.6) is 5.75 Å². The summed E-state index contributed by atoms with van der Waals surface area (Å²) >= 11 is 0. The molecule has 0 aliphatic carbocycles. The number of nitrogens with two attached hydrogens (primary N) is 1. The van der Waals surface area contributed by atoms with Crippen molar-refractivity contribution in [3.63, 3.8) is 0 Å². The molecule has 8 nitrogen and oxygen atoms in total. The number of cyclic esters (lactones) is 1. The van der Waals surface area contributed by atoms with Gasteiger partial charge in [-0.05, 0) is 30.5 Å². The van der Waals surface area contributed by atoms with Crippen LogP contribution in [-0.4, -0.2) is 60.1 Å². The van der Waals surface area contributed by atoms with Crippen LogP contribution in [-0.2, 0) is 22.4 Å². The number of aryl methyl sites for hydroxylation is 1. The zero-order valence-electron chi connectivity index (χ0n) is 16.2. The Kier molecular flexibility index (Phi) is 4.62. The summed E-state index contributed by atoms with van der Waals surface area (Å²) in [6, 6.07) is 4.52. The van der Waals surface area contributed by atoms with Gasteiger partial charge in [-0.3, -0.25) is 0 Å². The molecule has 0 saturated carbocycles. The summed E-state index contributed by atoms with van der Waals surface area (Å²) in [6.45, 7) is 1.68. The van der Waals surface area contributed by atoms with Crippen molar-refractivity contribution in [3.8, 4) is 17.1 Å². The predicted molar refractivity (Wildman–Crippen MR) is 103 cm³/mol. The molecule has 160 valence electrons. The van der Waals surface area contributed by atoms with Crippen molar-refractivity contribution in [1.82, 2.24) is 9.55 Å². The fraction of sp³-hybridized carbons (Fsp3) is 0.500. The number of carbonyl (C=O) groups excluding carboxylic acids is 1. The monoisotopic (exact) mass is 420 g/mol. The summed E-state index contributed by atoms with van der Waals surface area (Å²) in [4.78, 5) is 17.4. The fourth-order valence-electron chi connectivity index (χ4n) is 3.97. The average Bonchev–Trinajstić information content (AvgIpc) is 3.24. The van der Waals surface area contributed by atoms with Gasteiger partial charge in [0.2, 0.25) is 0 Å². The quantitative estimate of drug-likeness (QED) is 0.797. The van der Waals surface area contributed by atoms with Gasteiger partial charge in [-0.15, -0.1) is 0 Å². The van der Waals surface area contributed by atoms with E-state index in [-0.39, 0.29) is 18.0 Å². The van der Waals surface area contributed by atoms with Gasteiger partial charge < -0.3 is 24.5 Å². The molecule has 1 aromatic heterocycles. The Morgan fingerprint density at radius 1 is 1.30 bits per heavy atom. The van der Waals surface area contributed by atoms with E-state index in [0.717, 1.165) is 28.9 Å². The summed E-state index contributed by atoms with van der Waals surface area (Å²) in [5.41, 5.74) is 7.80. The van der Waals surface area contributed by atoms with Gasteiger partial charge in [0.1, 0.15) is 30.8 Å². The van der Waals surface area contributed by atoms with E-state index in [9.17, 15) is 13.6 Å². The molecule has 0 radical (unpaired) electrons. The predicted octanol–water partition coefficient (Wildman–Crippen LogP) is 2.19. The zero-order valence-corrected chi connectivity index (χ0v) is 16.2. The number of anilines is 1. The number of rotatable bonds is 5. The molecule has 10 heteroatoms. The largest absolute Gasteiger partial charge is 0.491 e. The smallest absolute Gasteiger partial charge is 0.416 e. The second kappa shape index (κ2) is 7.21. The van der Waals surface area contributed by atoms with E-state index in [1.54, 1.807) is 6.20 Å². The number of hydrogen-bond donors (Lipinski definition) is 1. The van der Waals surface area contributed by atoms with Crippen LogP contribution in [0, 0.1) is 0 Å². The Labute approximate surface area is 171 Å². The first-order valence-electron chi connectivity index (χ1n) is 9.88. The minimum Gasteiger partial charge on any atom is -0.491 e. The molecule has 1 amide bonds. The van der Waals surface area contributed by atoms with E-state index in [1.165, 1.54) is 0 Å². The van der Waals surface area contributed by atoms with E-state index in [2.05, 4.69) is 4.98 Å². The molecule has 0 spiro atoms. The fourth-order valence-corrected chi connectivity index (χ4v) is 3.97. The Balaban J connectivity index is 1.43. The number of carbonyl (C=O) groups is 1. The van der Waals surface area contributed by atoms with E-state index >= 15 is 0 Å². The molecule has 3 aliphatic rings. The molecule has 4 heterocycles. The summed E-state index contributed by atoms with van der Waals surface area (Å²) in [5.74, 6) is 1.40. The van der Waals surface area contributed by atoms with E-state index in [1.807, 2.05) is 22.8 Å². The Bertz CT molecular complexity index is 976. The Morgan fingerprint density at radius 3 is 2.87 bits per heavy atom. The molecular formula is C20H22F2N4O4. The van der Waals surface area contributed by atoms with Gasteiger partial charge >= 0.3 is 6.09 Å². The molecule has 2 N–H and O–H groups in total. The molecule has 1 aromatic carbocycles. The van der Waals surface area contributed by atoms with Gasteiger partial charge in [0.15, 0.2) is 5.82 Å². The third-order valence-electron chi connectivity index (χ3n) is 5.77. The number of ether oxygens (including phenoxy) is 3. The van der Waals surface area contributed by atoms with Crippen molar-refractivity contribution in [2.75, 3.05) is 31.3 Å². The summed E-state index contributed by atoms with van der Waals surface area (Å²) in [6.07, 6.45) is -0.319. The lowest BCUT2D eigenvalue weighted by atomic mass is 9.90. The maximum Gasteiger partial charge on any atom is 0.416 e. The van der Waals surface area contributed by atoms with Crippen LogP contribution in [0.2, 0.25) is 0 Å². The van der Waals surface area contributed by atoms with Gasteiger partial charge in [0, 0.05) is 6.20 Å². The van der Waals surface area contributed by atoms with Crippen LogP contribution in [0.4, 0.5) is 19.4 Å². The number of aromatic nitrogens is 2. The van der Waals surface area contributed by atoms with Crippen molar-refractivity contribution in [3.05, 3.63) is 30.0 Å². The third kappa shape index (κ3) is 3.29. The number of benzene rings is 1. The van der Waals surface area contributed by atoms with Gasteiger partial charge in [0.25, 0.3) is 6.43 Å². The highest BCUT2D eigenvalue weighted by molar-refractivity contribution is 5.89. The maximum absolute atomic E-state index is 13.3. The highest BCUT2D eigenvalue weighted by Crippen LogP contribution is 2.36. The average molecular weight is 420 g/mol. The summed E-state index contributed by atoms with van der Waals surface area (Å²) in [7, 11) is 0. The van der Waals surface area contributed by atoms with Crippen molar-refractivity contribution >= 4 is 11.9 Å². The van der Waals surface area contributed by atoms with E-state index in [0.29, 0.717) is 37.9 Å². The van der Waals surface area contributed by atoms with Crippen molar-refractivity contribution in [2.24, 2.45) is 5.73 Å². The minimum atomic E-state index is -2.72. The molecule has 0 bridgehead atoms. The Morgan fingerprint density at radius 2 is 2.13 bits per heavy atom. The molecule has 2 aromatic rings. The Hall–Kier alpha value is -2.72. The number of nitrogens with zero attached hydrogens (tertiary/aromatic N) is 3. The number of fused-ring (bicyclic) bond motifs is 3. The SMILES string of the molecule is NC1(CCc2ccc3c(c2)OCCn2cc(N4C(=O)OC[C@H]4C(F)F)nc2-3)COC1. The lowest BCUT2D eigenvalue weighted by molar-refractivity contribution is -0.0570. The normalized spacial score (nSPS) is 22.1. The van der Waals surface area contributed by atoms with Crippen molar-refractivity contribution < 1.29 is 27.8 Å². The number of alkyl halides is 2. The summed E-state index contributed by atoms with van der Waals surface area (Å²) in [5, 5.41) is 0. The number of hydrogen-bond acceptors (Lipinski definition) is 6. The van der Waals surface area contributed by atoms with E-state index < -0.39 is 18.6 Å². The molecule has 0 unspecified atom stereocenters. The molecule has 5 rings (SSSR count). The first kappa shape index (κ1) is 19.3. The summed E-state index contributed by atoms with van der Waals surface area (Å²) < 4.78 is 44.4. The van der Waals surface area contributed by atoms with Crippen LogP contribution in [0.1, 0.15) is 12.0 Å². The van der Waals surface area contributed by atoms with Gasteiger partial charge in [-0.1, -0.05) is 6.07 Å². The van der Waals surface area contributed by atoms with Gasteiger partial charge in [0.05, 0.1) is 30.9 Å². The standard InChI is InChI=1S/C20H22F2N4O4/c21-17(22)14-9-30-19(27)26(14)16-8-25-5-6-29-15-7-12(1-2-13(15)18(25)24-16)3-4-20(23)10-28-11-20/h1-2,7-8,14,17H,3-6,9-11,23H2/t14-/m0/s1. The lowest BCUT2D eigenvalue weighted by Gasteiger charge is -2.37. The van der Waals surface area contributed by atoms with Gasteiger partial charge in [-0.2, -0.15) is 0 Å². The molecule has 2 fully saturated rings. The van der Waals surface area contributed by atoms with Crippen LogP contribution >= 0.6 is 0 Å². The minimum absolute atomic E-state index is 0.157. The second-order valence-corrected chi connectivity index (χ2v) is 8.00. The van der Waals surface area contributed by atoms with Crippen molar-refractivity contribution in [1.29, 1.82) is 0 Å².